The molecule has 1 unspecified atom stereocenters. The third kappa shape index (κ3) is 1.77. The Bertz CT molecular complexity index is 514. The lowest BCUT2D eigenvalue weighted by atomic mass is 9.81. The average molecular weight is 360 g/mol. The Kier molecular flexibility index (Phi) is 3.11. The summed E-state index contributed by atoms with van der Waals surface area (Å²) in [6.45, 7) is 0. The summed E-state index contributed by atoms with van der Waals surface area (Å²) >= 11 is 9.35. The Hall–Kier alpha value is 0.140. The second-order valence-corrected chi connectivity index (χ2v) is 7.12. The number of thiophene rings is 1. The molecule has 3 rings (SSSR count). The van der Waals surface area contributed by atoms with Crippen molar-refractivity contribution in [2.75, 3.05) is 0 Å². The molecule has 0 saturated heterocycles. The summed E-state index contributed by atoms with van der Waals surface area (Å²) in [5, 5.41) is 3.72. The van der Waals surface area contributed by atoms with E-state index in [4.69, 9.17) is 0 Å². The summed E-state index contributed by atoms with van der Waals surface area (Å²) in [5.74, 6) is 0.844. The Balaban J connectivity index is 2.06. The van der Waals surface area contributed by atoms with Crippen LogP contribution in [0.2, 0.25) is 0 Å². The van der Waals surface area contributed by atoms with Crippen LogP contribution in [0.5, 0.6) is 0 Å². The highest BCUT2D eigenvalue weighted by Gasteiger charge is 2.28. The first kappa shape index (κ1) is 11.2. The van der Waals surface area contributed by atoms with Crippen molar-refractivity contribution in [1.82, 2.24) is 0 Å². The van der Waals surface area contributed by atoms with Crippen molar-refractivity contribution in [1.29, 1.82) is 0 Å². The van der Waals surface area contributed by atoms with E-state index in [1.54, 1.807) is 0 Å². The molecule has 1 fully saturated rings. The van der Waals surface area contributed by atoms with Crippen LogP contribution in [-0.4, -0.2) is 0 Å². The van der Waals surface area contributed by atoms with Crippen molar-refractivity contribution < 1.29 is 0 Å². The van der Waals surface area contributed by atoms with Crippen LogP contribution in [0.4, 0.5) is 0 Å². The predicted octanol–water partition coefficient (Wildman–Crippen LogP) is 5.90. The minimum absolute atomic E-state index is 0.546. The monoisotopic (exact) mass is 358 g/mol. The second kappa shape index (κ2) is 4.43. The van der Waals surface area contributed by atoms with E-state index in [1.165, 1.54) is 39.4 Å². The quantitative estimate of drug-likeness (QED) is 0.585. The number of hydrogen-bond donors (Lipinski definition) is 0. The summed E-state index contributed by atoms with van der Waals surface area (Å²) in [6.07, 6.45) is 4.15. The van der Waals surface area contributed by atoms with E-state index in [0.717, 1.165) is 5.92 Å². The summed E-state index contributed by atoms with van der Waals surface area (Å²) in [5.41, 5.74) is 1.48. The van der Waals surface area contributed by atoms with Gasteiger partial charge >= 0.3 is 0 Å². The summed E-state index contributed by atoms with van der Waals surface area (Å²) in [4.78, 5) is 0.546. The minimum atomic E-state index is 0.546. The standard InChI is InChI=1S/C13H12Br2S/c14-11-6-2-5-9-10(7-16-13(9)11)12(15)8-3-1-4-8/h2,5-8,12H,1,3-4H2. The van der Waals surface area contributed by atoms with E-state index < -0.39 is 0 Å². The van der Waals surface area contributed by atoms with Crippen molar-refractivity contribution in [3.8, 4) is 0 Å². The SMILES string of the molecule is Brc1cccc2c(C(Br)C3CCC3)csc12. The van der Waals surface area contributed by atoms with Crippen LogP contribution in [0, 0.1) is 5.92 Å². The first-order valence-electron chi connectivity index (χ1n) is 5.57. The van der Waals surface area contributed by atoms with Crippen LogP contribution in [0.3, 0.4) is 0 Å². The first-order valence-corrected chi connectivity index (χ1v) is 8.16. The zero-order chi connectivity index (χ0) is 11.1. The molecule has 84 valence electrons. The van der Waals surface area contributed by atoms with Crippen molar-refractivity contribution in [2.24, 2.45) is 5.92 Å². The van der Waals surface area contributed by atoms with Crippen LogP contribution in [0.15, 0.2) is 28.1 Å². The number of rotatable bonds is 2. The third-order valence-corrected chi connectivity index (χ3v) is 6.65. The molecule has 16 heavy (non-hydrogen) atoms. The molecule has 0 nitrogen and oxygen atoms in total. The predicted molar refractivity (Wildman–Crippen MR) is 78.5 cm³/mol. The molecule has 2 aromatic rings. The largest absolute Gasteiger partial charge is 0.142 e. The van der Waals surface area contributed by atoms with Crippen LogP contribution in [0.25, 0.3) is 10.1 Å². The Morgan fingerprint density at radius 2 is 2.12 bits per heavy atom. The van der Waals surface area contributed by atoms with Gasteiger partial charge in [0, 0.05) is 14.0 Å². The van der Waals surface area contributed by atoms with Gasteiger partial charge in [0.1, 0.15) is 0 Å². The van der Waals surface area contributed by atoms with E-state index in [-0.39, 0.29) is 0 Å². The van der Waals surface area contributed by atoms with Gasteiger partial charge in [0.2, 0.25) is 0 Å². The maximum Gasteiger partial charge on any atom is 0.0488 e. The van der Waals surface area contributed by atoms with Gasteiger partial charge in [-0.2, -0.15) is 0 Å². The van der Waals surface area contributed by atoms with Gasteiger partial charge in [-0.25, -0.2) is 0 Å². The zero-order valence-corrected chi connectivity index (χ0v) is 12.7. The molecule has 0 spiro atoms. The highest BCUT2D eigenvalue weighted by molar-refractivity contribution is 9.10. The molecule has 1 aliphatic carbocycles. The second-order valence-electron chi connectivity index (χ2n) is 4.40. The molecule has 0 aliphatic heterocycles. The molecule has 0 N–H and O–H groups in total. The number of fused-ring (bicyclic) bond motifs is 1. The lowest BCUT2D eigenvalue weighted by molar-refractivity contribution is 0.313. The van der Waals surface area contributed by atoms with E-state index >= 15 is 0 Å². The Morgan fingerprint density at radius 1 is 1.31 bits per heavy atom. The minimum Gasteiger partial charge on any atom is -0.142 e. The molecule has 0 bridgehead atoms. The van der Waals surface area contributed by atoms with Crippen LogP contribution < -0.4 is 0 Å². The molecule has 1 aromatic heterocycles. The van der Waals surface area contributed by atoms with Crippen LogP contribution >= 0.6 is 43.2 Å². The zero-order valence-electron chi connectivity index (χ0n) is 8.75. The van der Waals surface area contributed by atoms with Gasteiger partial charge in [0.25, 0.3) is 0 Å². The molecule has 3 heteroatoms. The van der Waals surface area contributed by atoms with Crippen molar-refractivity contribution in [2.45, 2.75) is 24.1 Å². The topological polar surface area (TPSA) is 0 Å². The fraction of sp³-hybridized carbons (Fsp3) is 0.385. The molecule has 1 saturated carbocycles. The van der Waals surface area contributed by atoms with E-state index in [9.17, 15) is 0 Å². The third-order valence-electron chi connectivity index (χ3n) is 3.44. The van der Waals surface area contributed by atoms with E-state index in [2.05, 4.69) is 55.4 Å². The molecule has 1 aromatic carbocycles. The number of halogens is 2. The highest BCUT2D eigenvalue weighted by atomic mass is 79.9. The van der Waals surface area contributed by atoms with E-state index in [1.807, 2.05) is 11.3 Å². The molecule has 1 atom stereocenters. The van der Waals surface area contributed by atoms with Gasteiger partial charge in [0.05, 0.1) is 0 Å². The maximum atomic E-state index is 3.88. The Morgan fingerprint density at radius 3 is 2.81 bits per heavy atom. The maximum absolute atomic E-state index is 3.88. The highest BCUT2D eigenvalue weighted by Crippen LogP contribution is 2.47. The molecule has 1 aliphatic rings. The van der Waals surface area contributed by atoms with Gasteiger partial charge < -0.3 is 0 Å². The van der Waals surface area contributed by atoms with Gasteiger partial charge in [-0.3, -0.25) is 0 Å². The van der Waals surface area contributed by atoms with Crippen molar-refractivity contribution >= 4 is 53.3 Å². The lowest BCUT2D eigenvalue weighted by Gasteiger charge is -2.30. The van der Waals surface area contributed by atoms with Crippen LogP contribution in [-0.2, 0) is 0 Å². The number of hydrogen-bond acceptors (Lipinski definition) is 1. The molecule has 0 amide bonds. The first-order chi connectivity index (χ1) is 7.77. The molecule has 1 heterocycles. The normalized spacial score (nSPS) is 18.6. The smallest absolute Gasteiger partial charge is 0.0488 e. The fourth-order valence-electron chi connectivity index (χ4n) is 2.24. The van der Waals surface area contributed by atoms with Gasteiger partial charge in [-0.15, -0.1) is 11.3 Å². The summed E-state index contributed by atoms with van der Waals surface area (Å²) in [7, 11) is 0. The van der Waals surface area contributed by atoms with Crippen LogP contribution in [0.1, 0.15) is 29.7 Å². The number of alkyl halides is 1. The van der Waals surface area contributed by atoms with Crippen molar-refractivity contribution in [3.63, 3.8) is 0 Å². The van der Waals surface area contributed by atoms with Gasteiger partial charge in [-0.1, -0.05) is 34.5 Å². The fourth-order valence-corrected chi connectivity index (χ4v) is 4.98. The number of benzene rings is 1. The molecular weight excluding hydrogens is 348 g/mol. The van der Waals surface area contributed by atoms with Gasteiger partial charge in [0.15, 0.2) is 0 Å². The molecule has 0 radical (unpaired) electrons. The summed E-state index contributed by atoms with van der Waals surface area (Å²) < 4.78 is 2.59. The van der Waals surface area contributed by atoms with E-state index in [0.29, 0.717) is 4.83 Å². The lowest BCUT2D eigenvalue weighted by Crippen LogP contribution is -2.15. The summed E-state index contributed by atoms with van der Waals surface area (Å²) in [6, 6.07) is 6.48. The average Bonchev–Trinajstić information content (AvgIpc) is 2.59. The van der Waals surface area contributed by atoms with Crippen molar-refractivity contribution in [3.05, 3.63) is 33.6 Å². The Labute approximate surface area is 116 Å². The molecular formula is C13H12Br2S. The van der Waals surface area contributed by atoms with Gasteiger partial charge in [-0.05, 0) is 57.1 Å².